The summed E-state index contributed by atoms with van der Waals surface area (Å²) in [5.74, 6) is 1.61. The first-order valence-corrected chi connectivity index (χ1v) is 11.6. The van der Waals surface area contributed by atoms with Crippen molar-refractivity contribution in [3.8, 4) is 11.5 Å². The maximum Gasteiger partial charge on any atom is 0.228 e. The monoisotopic (exact) mass is 440 g/mol. The van der Waals surface area contributed by atoms with Gasteiger partial charge in [-0.1, -0.05) is 32.0 Å². The molecule has 0 saturated heterocycles. The Morgan fingerprint density at radius 1 is 1.06 bits per heavy atom. The molecular weight excluding hydrogens is 408 g/mol. The summed E-state index contributed by atoms with van der Waals surface area (Å²) in [5, 5.41) is 1.03. The number of carbonyl (C=O) groups excluding carboxylic acids is 1. The van der Waals surface area contributed by atoms with Crippen LogP contribution in [-0.4, -0.2) is 43.6 Å². The van der Waals surface area contributed by atoms with Gasteiger partial charge in [-0.05, 0) is 49.1 Å². The van der Waals surface area contributed by atoms with Crippen molar-refractivity contribution in [1.82, 2.24) is 9.88 Å². The third-order valence-corrected chi connectivity index (χ3v) is 7.20. The van der Waals surface area contributed by atoms with E-state index in [9.17, 15) is 4.79 Å². The molecule has 0 fully saturated rings. The van der Waals surface area contributed by atoms with Gasteiger partial charge in [-0.25, -0.2) is 4.98 Å². The second kappa shape index (κ2) is 10.1. The third kappa shape index (κ3) is 5.01. The van der Waals surface area contributed by atoms with E-state index in [0.29, 0.717) is 24.5 Å². The molecule has 166 valence electrons. The number of methoxy groups -OCH3 is 2. The summed E-state index contributed by atoms with van der Waals surface area (Å²) in [7, 11) is 5.17. The van der Waals surface area contributed by atoms with Gasteiger partial charge in [0.15, 0.2) is 11.5 Å². The van der Waals surface area contributed by atoms with E-state index >= 15 is 0 Å². The summed E-state index contributed by atoms with van der Waals surface area (Å²) in [5.41, 5.74) is 1.69. The number of benzene rings is 2. The molecule has 1 heterocycles. The highest BCUT2D eigenvalue weighted by atomic mass is 32.1. The number of likely N-dealkylation sites (N-methyl/N-ethyl adjacent to an activating group) is 1. The van der Waals surface area contributed by atoms with Crippen molar-refractivity contribution in [3.05, 3.63) is 53.0 Å². The zero-order valence-corrected chi connectivity index (χ0v) is 19.9. The first-order chi connectivity index (χ1) is 15.0. The van der Waals surface area contributed by atoms with Crippen molar-refractivity contribution in [2.75, 3.05) is 27.8 Å². The summed E-state index contributed by atoms with van der Waals surface area (Å²) in [4.78, 5) is 20.2. The number of ether oxygens (including phenoxy) is 2. The van der Waals surface area contributed by atoms with Crippen molar-refractivity contribution < 1.29 is 14.3 Å². The molecule has 0 aliphatic carbocycles. The van der Waals surface area contributed by atoms with E-state index in [0.717, 1.165) is 35.4 Å². The summed E-state index contributed by atoms with van der Waals surface area (Å²) in [6, 6.07) is 14.1. The van der Waals surface area contributed by atoms with Crippen LogP contribution in [0.25, 0.3) is 10.2 Å². The van der Waals surface area contributed by atoms with E-state index in [-0.39, 0.29) is 5.91 Å². The van der Waals surface area contributed by atoms with E-state index in [4.69, 9.17) is 14.5 Å². The fraction of sp³-hybridized carbons (Fsp3) is 0.440. The summed E-state index contributed by atoms with van der Waals surface area (Å²) >= 11 is 1.69. The van der Waals surface area contributed by atoms with Gasteiger partial charge in [0.1, 0.15) is 0 Å². The summed E-state index contributed by atoms with van der Waals surface area (Å²) < 4.78 is 11.9. The molecule has 3 rings (SSSR count). The van der Waals surface area contributed by atoms with E-state index in [1.54, 1.807) is 25.6 Å². The topological polar surface area (TPSA) is 51.7 Å². The molecule has 0 radical (unpaired) electrons. The maximum atomic E-state index is 13.5. The van der Waals surface area contributed by atoms with Crippen molar-refractivity contribution in [3.63, 3.8) is 0 Å². The summed E-state index contributed by atoms with van der Waals surface area (Å²) in [6.07, 6.45) is 3.02. The van der Waals surface area contributed by atoms with Crippen LogP contribution in [0.15, 0.2) is 42.5 Å². The molecule has 0 atom stereocenters. The SMILES string of the molecule is CCC(CC)(Cc1nc2ccccc2s1)C(=O)N(C)CCc1ccc(OC)c(OC)c1. The van der Waals surface area contributed by atoms with Crippen LogP contribution < -0.4 is 9.47 Å². The zero-order chi connectivity index (χ0) is 22.4. The lowest BCUT2D eigenvalue weighted by Crippen LogP contribution is -2.43. The fourth-order valence-corrected chi connectivity index (χ4v) is 5.11. The number of para-hydroxylation sites is 1. The Hall–Kier alpha value is -2.60. The average Bonchev–Trinajstić information content (AvgIpc) is 3.22. The number of fused-ring (bicyclic) bond motifs is 1. The Balaban J connectivity index is 1.72. The van der Waals surface area contributed by atoms with Gasteiger partial charge in [0.2, 0.25) is 5.91 Å². The summed E-state index contributed by atoms with van der Waals surface area (Å²) in [6.45, 7) is 4.86. The second-order valence-electron chi connectivity index (χ2n) is 7.91. The molecule has 0 N–H and O–H groups in total. The quantitative estimate of drug-likeness (QED) is 0.426. The molecule has 0 bridgehead atoms. The Morgan fingerprint density at radius 2 is 1.77 bits per heavy atom. The van der Waals surface area contributed by atoms with Crippen LogP contribution in [0, 0.1) is 5.41 Å². The highest BCUT2D eigenvalue weighted by Crippen LogP contribution is 2.36. The molecule has 0 aliphatic rings. The largest absolute Gasteiger partial charge is 0.493 e. The minimum Gasteiger partial charge on any atom is -0.493 e. The van der Waals surface area contributed by atoms with E-state index in [1.807, 2.05) is 48.3 Å². The van der Waals surface area contributed by atoms with Crippen LogP contribution in [0.4, 0.5) is 0 Å². The minimum atomic E-state index is -0.430. The number of nitrogens with zero attached hydrogens (tertiary/aromatic N) is 2. The van der Waals surface area contributed by atoms with Crippen molar-refractivity contribution in [2.24, 2.45) is 5.41 Å². The standard InChI is InChI=1S/C25H32N2O3S/c1-6-25(7-2,17-23-26-19-10-8-9-11-22(19)31-23)24(28)27(3)15-14-18-12-13-20(29-4)21(16-18)30-5/h8-13,16H,6-7,14-15,17H2,1-5H3. The highest BCUT2D eigenvalue weighted by molar-refractivity contribution is 7.18. The average molecular weight is 441 g/mol. The van der Waals surface area contributed by atoms with E-state index < -0.39 is 5.41 Å². The van der Waals surface area contributed by atoms with Crippen LogP contribution >= 0.6 is 11.3 Å². The van der Waals surface area contributed by atoms with Gasteiger partial charge in [0.05, 0.1) is 34.9 Å². The molecule has 1 amide bonds. The molecule has 5 nitrogen and oxygen atoms in total. The van der Waals surface area contributed by atoms with Gasteiger partial charge < -0.3 is 14.4 Å². The van der Waals surface area contributed by atoms with Gasteiger partial charge >= 0.3 is 0 Å². The Kier molecular flexibility index (Phi) is 7.55. The molecule has 2 aromatic carbocycles. The fourth-order valence-electron chi connectivity index (χ4n) is 4.00. The number of thiazole rings is 1. The number of amides is 1. The molecule has 0 spiro atoms. The lowest BCUT2D eigenvalue weighted by molar-refractivity contribution is -0.141. The number of carbonyl (C=O) groups is 1. The van der Waals surface area contributed by atoms with Gasteiger partial charge in [-0.15, -0.1) is 11.3 Å². The van der Waals surface area contributed by atoms with Crippen LogP contribution in [0.5, 0.6) is 11.5 Å². The second-order valence-corrected chi connectivity index (χ2v) is 9.02. The zero-order valence-electron chi connectivity index (χ0n) is 19.1. The number of hydrogen-bond acceptors (Lipinski definition) is 5. The molecule has 1 aromatic heterocycles. The molecule has 6 heteroatoms. The molecule has 31 heavy (non-hydrogen) atoms. The van der Waals surface area contributed by atoms with Gasteiger partial charge in [-0.2, -0.15) is 0 Å². The predicted molar refractivity (Wildman–Crippen MR) is 127 cm³/mol. The van der Waals surface area contributed by atoms with E-state index in [2.05, 4.69) is 19.9 Å². The number of rotatable bonds is 10. The van der Waals surface area contributed by atoms with Crippen molar-refractivity contribution >= 4 is 27.5 Å². The number of aromatic nitrogens is 1. The maximum absolute atomic E-state index is 13.5. The normalized spacial score (nSPS) is 11.5. The Bertz CT molecular complexity index is 994. The third-order valence-electron chi connectivity index (χ3n) is 6.17. The van der Waals surface area contributed by atoms with Crippen molar-refractivity contribution in [2.45, 2.75) is 39.5 Å². The lowest BCUT2D eigenvalue weighted by Gasteiger charge is -2.34. The Labute approximate surface area is 189 Å². The highest BCUT2D eigenvalue weighted by Gasteiger charge is 2.38. The van der Waals surface area contributed by atoms with Crippen molar-refractivity contribution in [1.29, 1.82) is 0 Å². The molecular formula is C25H32N2O3S. The van der Waals surface area contributed by atoms with Gasteiger partial charge in [-0.3, -0.25) is 4.79 Å². The van der Waals surface area contributed by atoms with E-state index in [1.165, 1.54) is 4.70 Å². The smallest absolute Gasteiger partial charge is 0.228 e. The Morgan fingerprint density at radius 3 is 2.42 bits per heavy atom. The van der Waals surface area contributed by atoms with Gasteiger partial charge in [0, 0.05) is 20.0 Å². The van der Waals surface area contributed by atoms with Crippen LogP contribution in [0.2, 0.25) is 0 Å². The molecule has 3 aromatic rings. The predicted octanol–water partition coefficient (Wildman–Crippen LogP) is 5.36. The van der Waals surface area contributed by atoms with Crippen LogP contribution in [-0.2, 0) is 17.6 Å². The van der Waals surface area contributed by atoms with Crippen LogP contribution in [0.1, 0.15) is 37.3 Å². The first-order valence-electron chi connectivity index (χ1n) is 10.8. The number of hydrogen-bond donors (Lipinski definition) is 0. The molecule has 0 aliphatic heterocycles. The first kappa shape index (κ1) is 23.1. The molecule has 0 unspecified atom stereocenters. The minimum absolute atomic E-state index is 0.192. The lowest BCUT2D eigenvalue weighted by atomic mass is 9.78. The van der Waals surface area contributed by atoms with Crippen LogP contribution in [0.3, 0.4) is 0 Å². The molecule has 0 saturated carbocycles. The van der Waals surface area contributed by atoms with Gasteiger partial charge in [0.25, 0.3) is 0 Å².